The van der Waals surface area contributed by atoms with Crippen LogP contribution in [0.1, 0.15) is 37.9 Å². The van der Waals surface area contributed by atoms with E-state index in [0.717, 1.165) is 17.2 Å². The number of ether oxygens (including phenoxy) is 1. The number of anilines is 2. The number of carbonyl (C=O) groups excluding carboxylic acids is 2. The number of alkyl carbamates (subject to hydrolysis) is 1. The normalized spacial score (nSPS) is 12.6. The highest BCUT2D eigenvalue weighted by Crippen LogP contribution is 2.34. The van der Waals surface area contributed by atoms with Crippen LogP contribution < -0.4 is 21.7 Å². The molecule has 4 rings (SSSR count). The lowest BCUT2D eigenvalue weighted by Gasteiger charge is -2.23. The van der Waals surface area contributed by atoms with E-state index < -0.39 is 35.4 Å². The summed E-state index contributed by atoms with van der Waals surface area (Å²) in [6, 6.07) is 23.0. The average molecular weight is 605 g/mol. The van der Waals surface area contributed by atoms with E-state index in [1.807, 2.05) is 6.07 Å². The predicted octanol–water partition coefficient (Wildman–Crippen LogP) is 7.03. The summed E-state index contributed by atoms with van der Waals surface area (Å²) in [4.78, 5) is 33.9. The van der Waals surface area contributed by atoms with Crippen LogP contribution in [0, 0.1) is 0 Å². The first-order valence-corrected chi connectivity index (χ1v) is 13.5. The van der Waals surface area contributed by atoms with E-state index in [1.165, 1.54) is 18.2 Å². The topological polar surface area (TPSA) is 131 Å². The van der Waals surface area contributed by atoms with Crippen molar-refractivity contribution in [2.75, 3.05) is 10.6 Å². The van der Waals surface area contributed by atoms with Crippen molar-refractivity contribution in [3.05, 3.63) is 108 Å². The Morgan fingerprint density at radius 1 is 0.841 bits per heavy atom. The second-order valence-electron chi connectivity index (χ2n) is 10.6. The van der Waals surface area contributed by atoms with Crippen LogP contribution in [-0.2, 0) is 15.7 Å². The number of nitrogens with zero attached hydrogens (tertiary/aromatic N) is 2. The lowest BCUT2D eigenvalue weighted by molar-refractivity contribution is -0.136. The number of aliphatic imine (C=N–C) groups is 1. The lowest BCUT2D eigenvalue weighted by Crippen LogP contribution is -2.40. The van der Waals surface area contributed by atoms with Crippen molar-refractivity contribution >= 4 is 35.2 Å². The highest BCUT2D eigenvalue weighted by molar-refractivity contribution is 5.97. The molecule has 1 atom stereocenters. The zero-order valence-electron chi connectivity index (χ0n) is 24.1. The van der Waals surface area contributed by atoms with Crippen molar-refractivity contribution in [2.24, 2.45) is 10.7 Å². The maximum absolute atomic E-state index is 13.2. The molecule has 44 heavy (non-hydrogen) atoms. The third kappa shape index (κ3) is 8.81. The smallest absolute Gasteiger partial charge is 0.418 e. The summed E-state index contributed by atoms with van der Waals surface area (Å²) < 4.78 is 45.1. The molecule has 1 aromatic heterocycles. The van der Waals surface area contributed by atoms with Gasteiger partial charge in [0.2, 0.25) is 0 Å². The molecule has 0 radical (unpaired) electrons. The van der Waals surface area contributed by atoms with E-state index >= 15 is 0 Å². The fourth-order valence-corrected chi connectivity index (χ4v) is 4.08. The quantitative estimate of drug-likeness (QED) is 0.132. The summed E-state index contributed by atoms with van der Waals surface area (Å²) in [5, 5.41) is 7.93. The van der Waals surface area contributed by atoms with Crippen molar-refractivity contribution < 1.29 is 27.5 Å². The minimum absolute atomic E-state index is 0.191. The predicted molar refractivity (Wildman–Crippen MR) is 163 cm³/mol. The Bertz CT molecular complexity index is 1620. The average Bonchev–Trinajstić information content (AvgIpc) is 2.96. The molecule has 0 aliphatic heterocycles. The SMILES string of the molecule is CC(C)(C)OC(=O)NC(C(=O)Nc1ccc(-c2ccc(N=C(N)Nc3ccccc3C(F)(F)F)nc2)cc1)c1ccccc1. The summed E-state index contributed by atoms with van der Waals surface area (Å²) in [6.07, 6.45) is -3.73. The number of pyridine rings is 1. The molecule has 2 amide bonds. The number of alkyl halides is 3. The molecular formula is C32H31F3N6O3. The summed E-state index contributed by atoms with van der Waals surface area (Å²) in [7, 11) is 0. The minimum Gasteiger partial charge on any atom is -0.444 e. The van der Waals surface area contributed by atoms with Gasteiger partial charge in [-0.25, -0.2) is 9.78 Å². The van der Waals surface area contributed by atoms with Gasteiger partial charge in [-0.1, -0.05) is 54.6 Å². The van der Waals surface area contributed by atoms with Crippen LogP contribution in [0.25, 0.3) is 11.1 Å². The number of aromatic nitrogens is 1. The van der Waals surface area contributed by atoms with Crippen molar-refractivity contribution in [2.45, 2.75) is 38.6 Å². The molecule has 4 aromatic rings. The largest absolute Gasteiger partial charge is 0.444 e. The number of benzene rings is 3. The number of para-hydroxylation sites is 1. The fraction of sp³-hybridized carbons (Fsp3) is 0.188. The maximum Gasteiger partial charge on any atom is 0.418 e. The van der Waals surface area contributed by atoms with Gasteiger partial charge in [0.05, 0.1) is 11.3 Å². The number of amides is 2. The summed E-state index contributed by atoms with van der Waals surface area (Å²) in [6.45, 7) is 5.20. The molecule has 228 valence electrons. The van der Waals surface area contributed by atoms with Crippen LogP contribution in [-0.4, -0.2) is 28.5 Å². The highest BCUT2D eigenvalue weighted by atomic mass is 19.4. The minimum atomic E-state index is -4.55. The summed E-state index contributed by atoms with van der Waals surface area (Å²) >= 11 is 0. The van der Waals surface area contributed by atoms with Gasteiger partial charge >= 0.3 is 12.3 Å². The Balaban J connectivity index is 1.43. The monoisotopic (exact) mass is 604 g/mol. The van der Waals surface area contributed by atoms with Gasteiger partial charge < -0.3 is 26.4 Å². The molecule has 3 aromatic carbocycles. The molecule has 1 heterocycles. The molecule has 9 nitrogen and oxygen atoms in total. The molecule has 0 bridgehead atoms. The van der Waals surface area contributed by atoms with Gasteiger partial charge in [0.1, 0.15) is 11.6 Å². The van der Waals surface area contributed by atoms with E-state index in [2.05, 4.69) is 25.9 Å². The van der Waals surface area contributed by atoms with E-state index in [9.17, 15) is 22.8 Å². The fourth-order valence-electron chi connectivity index (χ4n) is 4.08. The molecule has 0 fully saturated rings. The number of hydrogen-bond donors (Lipinski definition) is 4. The van der Waals surface area contributed by atoms with Gasteiger partial charge in [-0.3, -0.25) is 4.79 Å². The first-order chi connectivity index (χ1) is 20.8. The number of rotatable bonds is 7. The van der Waals surface area contributed by atoms with Crippen molar-refractivity contribution in [3.63, 3.8) is 0 Å². The third-order valence-electron chi connectivity index (χ3n) is 6.02. The van der Waals surface area contributed by atoms with E-state index in [0.29, 0.717) is 11.3 Å². The van der Waals surface area contributed by atoms with E-state index in [1.54, 1.807) is 87.6 Å². The van der Waals surface area contributed by atoms with Crippen LogP contribution in [0.4, 0.5) is 35.2 Å². The second kappa shape index (κ2) is 13.3. The number of nitrogens with two attached hydrogens (primary N) is 1. The molecule has 0 spiro atoms. The van der Waals surface area contributed by atoms with Crippen molar-refractivity contribution in [3.8, 4) is 11.1 Å². The van der Waals surface area contributed by atoms with Gasteiger partial charge in [0.25, 0.3) is 5.91 Å². The third-order valence-corrected chi connectivity index (χ3v) is 6.02. The van der Waals surface area contributed by atoms with Crippen LogP contribution in [0.3, 0.4) is 0 Å². The van der Waals surface area contributed by atoms with Crippen LogP contribution >= 0.6 is 0 Å². The molecule has 0 saturated carbocycles. The molecule has 5 N–H and O–H groups in total. The van der Waals surface area contributed by atoms with Crippen molar-refractivity contribution in [1.29, 1.82) is 0 Å². The number of nitrogens with one attached hydrogen (secondary N) is 3. The Labute approximate surface area is 252 Å². The second-order valence-corrected chi connectivity index (χ2v) is 10.6. The Morgan fingerprint density at radius 3 is 2.09 bits per heavy atom. The molecule has 0 aliphatic carbocycles. The Hall–Kier alpha value is -5.39. The zero-order valence-corrected chi connectivity index (χ0v) is 24.1. The molecule has 12 heteroatoms. The van der Waals surface area contributed by atoms with Gasteiger partial charge in [-0.05, 0) is 68.3 Å². The Morgan fingerprint density at radius 2 is 1.48 bits per heavy atom. The number of hydrogen-bond acceptors (Lipinski definition) is 5. The molecule has 1 unspecified atom stereocenters. The number of halogens is 3. The number of carbonyl (C=O) groups is 2. The number of guanidine groups is 1. The Kier molecular flexibility index (Phi) is 9.52. The van der Waals surface area contributed by atoms with Gasteiger partial charge in [0.15, 0.2) is 11.8 Å². The van der Waals surface area contributed by atoms with Gasteiger partial charge in [-0.15, -0.1) is 0 Å². The molecule has 0 saturated heterocycles. The maximum atomic E-state index is 13.2. The summed E-state index contributed by atoms with van der Waals surface area (Å²) in [5.41, 5.74) is 6.60. The summed E-state index contributed by atoms with van der Waals surface area (Å²) in [5.74, 6) is -0.517. The van der Waals surface area contributed by atoms with E-state index in [4.69, 9.17) is 10.5 Å². The van der Waals surface area contributed by atoms with E-state index in [-0.39, 0.29) is 17.5 Å². The molecular weight excluding hydrogens is 573 g/mol. The first-order valence-electron chi connectivity index (χ1n) is 13.5. The van der Waals surface area contributed by atoms with Crippen LogP contribution in [0.2, 0.25) is 0 Å². The standard InChI is InChI=1S/C32H31F3N6O3/c1-31(2,3)44-30(43)41-27(21-9-5-4-6-10-21)28(42)38-23-16-13-20(14-17-23)22-15-18-26(37-19-22)40-29(36)39-25-12-8-7-11-24(25)32(33,34)35/h4-19,27H,1-3H3,(H,38,42)(H,41,43)(H3,36,37,39,40). The lowest BCUT2D eigenvalue weighted by atomic mass is 10.1. The van der Waals surface area contributed by atoms with Crippen LogP contribution in [0.5, 0.6) is 0 Å². The molecule has 0 aliphatic rings. The zero-order chi connectivity index (χ0) is 31.9. The van der Waals surface area contributed by atoms with Crippen molar-refractivity contribution in [1.82, 2.24) is 10.3 Å². The van der Waals surface area contributed by atoms with Crippen LogP contribution in [0.15, 0.2) is 102 Å². The van der Waals surface area contributed by atoms with Gasteiger partial charge in [-0.2, -0.15) is 18.2 Å². The highest BCUT2D eigenvalue weighted by Gasteiger charge is 2.33. The van der Waals surface area contributed by atoms with Gasteiger partial charge in [0, 0.05) is 17.4 Å². The first kappa shape index (κ1) is 31.5.